The summed E-state index contributed by atoms with van der Waals surface area (Å²) in [5, 5.41) is 8.46. The molecule has 2 rings (SSSR count). The first kappa shape index (κ1) is 19.9. The second-order valence-corrected chi connectivity index (χ2v) is 6.65. The van der Waals surface area contributed by atoms with Crippen molar-refractivity contribution in [1.82, 2.24) is 15.5 Å². The van der Waals surface area contributed by atoms with E-state index in [-0.39, 0.29) is 17.7 Å². The number of likely N-dealkylation sites (tertiary alicyclic amines) is 1. The number of piperidine rings is 1. The molecule has 1 fully saturated rings. The lowest BCUT2D eigenvalue weighted by Crippen LogP contribution is -2.41. The summed E-state index contributed by atoms with van der Waals surface area (Å²) in [5.41, 5.74) is 1.16. The van der Waals surface area contributed by atoms with Gasteiger partial charge in [0.1, 0.15) is 0 Å². The van der Waals surface area contributed by atoms with E-state index in [0.29, 0.717) is 36.8 Å². The second kappa shape index (κ2) is 9.91. The maximum Gasteiger partial charge on any atom is 0.251 e. The van der Waals surface area contributed by atoms with Crippen molar-refractivity contribution in [2.24, 2.45) is 5.92 Å². The molecule has 7 nitrogen and oxygen atoms in total. The van der Waals surface area contributed by atoms with E-state index in [0.717, 1.165) is 25.9 Å². The molecule has 0 atom stereocenters. The molecule has 7 heteroatoms. The van der Waals surface area contributed by atoms with Gasteiger partial charge in [-0.3, -0.25) is 19.3 Å². The molecule has 0 radical (unpaired) electrons. The minimum Gasteiger partial charge on any atom is -0.356 e. The van der Waals surface area contributed by atoms with E-state index in [1.807, 2.05) is 6.92 Å². The van der Waals surface area contributed by atoms with Gasteiger partial charge in [0.2, 0.25) is 11.8 Å². The molecule has 1 aromatic carbocycles. The predicted octanol–water partition coefficient (Wildman–Crippen LogP) is 1.22. The maximum atomic E-state index is 12.3. The zero-order valence-electron chi connectivity index (χ0n) is 15.5. The van der Waals surface area contributed by atoms with Crippen LogP contribution >= 0.6 is 0 Å². The number of benzene rings is 1. The lowest BCUT2D eigenvalue weighted by atomic mass is 9.97. The van der Waals surface area contributed by atoms with Crippen molar-refractivity contribution < 1.29 is 14.4 Å². The number of carbonyl (C=O) groups excluding carboxylic acids is 3. The number of hydrogen-bond donors (Lipinski definition) is 3. The van der Waals surface area contributed by atoms with E-state index >= 15 is 0 Å². The Morgan fingerprint density at radius 1 is 1.15 bits per heavy atom. The average molecular weight is 360 g/mol. The molecule has 0 unspecified atom stereocenters. The molecular weight excluding hydrogens is 332 g/mol. The maximum absolute atomic E-state index is 12.3. The van der Waals surface area contributed by atoms with Gasteiger partial charge in [0.05, 0.1) is 6.54 Å². The highest BCUT2D eigenvalue weighted by Gasteiger charge is 2.21. The highest BCUT2D eigenvalue weighted by molar-refractivity contribution is 5.97. The van der Waals surface area contributed by atoms with E-state index in [2.05, 4.69) is 20.9 Å². The van der Waals surface area contributed by atoms with Gasteiger partial charge in [0.25, 0.3) is 5.91 Å². The van der Waals surface area contributed by atoms with Crippen molar-refractivity contribution in [2.45, 2.75) is 26.7 Å². The van der Waals surface area contributed by atoms with Gasteiger partial charge >= 0.3 is 0 Å². The van der Waals surface area contributed by atoms with Crippen LogP contribution in [-0.4, -0.2) is 55.3 Å². The Hall–Kier alpha value is -2.41. The summed E-state index contributed by atoms with van der Waals surface area (Å²) in [6, 6.07) is 6.94. The molecule has 0 aliphatic carbocycles. The van der Waals surface area contributed by atoms with E-state index in [1.54, 1.807) is 24.3 Å². The van der Waals surface area contributed by atoms with Gasteiger partial charge in [0, 0.05) is 31.3 Å². The largest absolute Gasteiger partial charge is 0.356 e. The van der Waals surface area contributed by atoms with Crippen LogP contribution in [-0.2, 0) is 9.59 Å². The molecule has 26 heavy (non-hydrogen) atoms. The minimum absolute atomic E-state index is 0.00153. The van der Waals surface area contributed by atoms with Gasteiger partial charge < -0.3 is 16.0 Å². The van der Waals surface area contributed by atoms with Crippen molar-refractivity contribution in [2.75, 3.05) is 38.0 Å². The third-order valence-electron chi connectivity index (χ3n) is 4.46. The van der Waals surface area contributed by atoms with E-state index in [1.165, 1.54) is 6.92 Å². The van der Waals surface area contributed by atoms with Crippen molar-refractivity contribution in [3.63, 3.8) is 0 Å². The van der Waals surface area contributed by atoms with Gasteiger partial charge in [-0.25, -0.2) is 0 Å². The number of nitrogens with one attached hydrogen (secondary N) is 3. The Morgan fingerprint density at radius 3 is 2.54 bits per heavy atom. The summed E-state index contributed by atoms with van der Waals surface area (Å²) in [6.45, 7) is 6.68. The zero-order chi connectivity index (χ0) is 18.9. The Morgan fingerprint density at radius 2 is 1.88 bits per heavy atom. The van der Waals surface area contributed by atoms with Crippen LogP contribution < -0.4 is 16.0 Å². The fourth-order valence-electron chi connectivity index (χ4n) is 3.04. The van der Waals surface area contributed by atoms with Crippen LogP contribution in [0.4, 0.5) is 5.69 Å². The Labute approximate surface area is 154 Å². The van der Waals surface area contributed by atoms with Gasteiger partial charge in [-0.1, -0.05) is 6.07 Å². The van der Waals surface area contributed by atoms with Gasteiger partial charge in [-0.15, -0.1) is 0 Å². The van der Waals surface area contributed by atoms with Gasteiger partial charge in [0.15, 0.2) is 0 Å². The number of hydrogen-bond acceptors (Lipinski definition) is 4. The minimum atomic E-state index is -0.148. The SMILES string of the molecule is CCNC(=O)c1cccc(NC(=O)CN2CCC(CNC(C)=O)CC2)c1. The summed E-state index contributed by atoms with van der Waals surface area (Å²) in [4.78, 5) is 37.2. The van der Waals surface area contributed by atoms with Crippen LogP contribution in [0, 0.1) is 5.92 Å². The first-order chi connectivity index (χ1) is 12.5. The van der Waals surface area contributed by atoms with E-state index in [4.69, 9.17) is 0 Å². The number of anilines is 1. The fourth-order valence-corrected chi connectivity index (χ4v) is 3.04. The Kier molecular flexibility index (Phi) is 7.59. The molecule has 3 amide bonds. The standard InChI is InChI=1S/C19H28N4O3/c1-3-20-19(26)16-5-4-6-17(11-16)22-18(25)13-23-9-7-15(8-10-23)12-21-14(2)24/h4-6,11,15H,3,7-10,12-13H2,1-2H3,(H,20,26)(H,21,24)(H,22,25). The molecule has 1 saturated heterocycles. The van der Waals surface area contributed by atoms with E-state index < -0.39 is 0 Å². The fraction of sp³-hybridized carbons (Fsp3) is 0.526. The second-order valence-electron chi connectivity index (χ2n) is 6.65. The Balaban J connectivity index is 1.78. The van der Waals surface area contributed by atoms with Crippen LogP contribution in [0.15, 0.2) is 24.3 Å². The summed E-state index contributed by atoms with van der Waals surface area (Å²) < 4.78 is 0. The van der Waals surface area contributed by atoms with Gasteiger partial charge in [-0.05, 0) is 57.0 Å². The predicted molar refractivity (Wildman–Crippen MR) is 101 cm³/mol. The van der Waals surface area contributed by atoms with Crippen molar-refractivity contribution in [1.29, 1.82) is 0 Å². The zero-order valence-corrected chi connectivity index (χ0v) is 15.5. The molecule has 142 valence electrons. The number of carbonyl (C=O) groups is 3. The smallest absolute Gasteiger partial charge is 0.251 e. The molecule has 1 heterocycles. The van der Waals surface area contributed by atoms with Crippen LogP contribution in [0.5, 0.6) is 0 Å². The monoisotopic (exact) mass is 360 g/mol. The molecule has 0 bridgehead atoms. The number of nitrogens with zero attached hydrogens (tertiary/aromatic N) is 1. The highest BCUT2D eigenvalue weighted by Crippen LogP contribution is 2.16. The van der Waals surface area contributed by atoms with Gasteiger partial charge in [-0.2, -0.15) is 0 Å². The summed E-state index contributed by atoms with van der Waals surface area (Å²) in [6.07, 6.45) is 1.94. The molecule has 0 aromatic heterocycles. The van der Waals surface area contributed by atoms with Crippen LogP contribution in [0.2, 0.25) is 0 Å². The molecule has 0 spiro atoms. The molecule has 3 N–H and O–H groups in total. The first-order valence-electron chi connectivity index (χ1n) is 9.12. The van der Waals surface area contributed by atoms with Crippen molar-refractivity contribution in [3.8, 4) is 0 Å². The topological polar surface area (TPSA) is 90.5 Å². The molecular formula is C19H28N4O3. The van der Waals surface area contributed by atoms with E-state index in [9.17, 15) is 14.4 Å². The normalized spacial score (nSPS) is 15.3. The molecule has 1 aliphatic heterocycles. The third-order valence-corrected chi connectivity index (χ3v) is 4.46. The third kappa shape index (κ3) is 6.48. The summed E-state index contributed by atoms with van der Waals surface area (Å²) >= 11 is 0. The molecule has 1 aromatic rings. The van der Waals surface area contributed by atoms with Crippen LogP contribution in [0.1, 0.15) is 37.0 Å². The number of amides is 3. The summed E-state index contributed by atoms with van der Waals surface area (Å²) in [7, 11) is 0. The van der Waals surface area contributed by atoms with Crippen molar-refractivity contribution in [3.05, 3.63) is 29.8 Å². The molecule has 0 saturated carbocycles. The first-order valence-corrected chi connectivity index (χ1v) is 9.12. The van der Waals surface area contributed by atoms with Crippen LogP contribution in [0.25, 0.3) is 0 Å². The summed E-state index contributed by atoms with van der Waals surface area (Å²) in [5.74, 6) is 0.247. The molecule has 1 aliphatic rings. The average Bonchev–Trinajstić information content (AvgIpc) is 2.61. The number of rotatable bonds is 7. The lowest BCUT2D eigenvalue weighted by Gasteiger charge is -2.31. The Bertz CT molecular complexity index is 639. The lowest BCUT2D eigenvalue weighted by molar-refractivity contribution is -0.119. The van der Waals surface area contributed by atoms with Crippen LogP contribution in [0.3, 0.4) is 0 Å². The van der Waals surface area contributed by atoms with Crippen molar-refractivity contribution >= 4 is 23.4 Å². The highest BCUT2D eigenvalue weighted by atomic mass is 16.2. The quantitative estimate of drug-likeness (QED) is 0.682.